The van der Waals surface area contributed by atoms with Crippen LogP contribution in [0.15, 0.2) is 61.6 Å². The summed E-state index contributed by atoms with van der Waals surface area (Å²) in [5.41, 5.74) is 3.23. The smallest absolute Gasteiger partial charge is 0.255 e. The number of amides is 1. The molecule has 1 unspecified atom stereocenters. The van der Waals surface area contributed by atoms with E-state index in [1.54, 1.807) is 48.0 Å². The molecule has 3 aromatic rings. The lowest BCUT2D eigenvalue weighted by Crippen LogP contribution is -2.42. The zero-order valence-corrected chi connectivity index (χ0v) is 14.0. The molecule has 1 amide bonds. The SMILES string of the molecule is O=C(c1cccnc1)N1CCOC(c2ccc(-c3cncnc3)cn2)C1. The van der Waals surface area contributed by atoms with E-state index < -0.39 is 0 Å². The summed E-state index contributed by atoms with van der Waals surface area (Å²) in [6.45, 7) is 1.50. The van der Waals surface area contributed by atoms with Crippen LogP contribution in [0.3, 0.4) is 0 Å². The Morgan fingerprint density at radius 3 is 2.65 bits per heavy atom. The Morgan fingerprint density at radius 1 is 1.04 bits per heavy atom. The fourth-order valence-electron chi connectivity index (χ4n) is 2.90. The Balaban J connectivity index is 1.49. The lowest BCUT2D eigenvalue weighted by atomic mass is 10.1. The molecule has 1 saturated heterocycles. The maximum atomic E-state index is 12.6. The zero-order valence-electron chi connectivity index (χ0n) is 14.0. The second kappa shape index (κ2) is 7.37. The number of ether oxygens (including phenoxy) is 1. The van der Waals surface area contributed by atoms with E-state index in [2.05, 4.69) is 19.9 Å². The van der Waals surface area contributed by atoms with Crippen molar-refractivity contribution in [1.29, 1.82) is 0 Å². The molecule has 130 valence electrons. The standard InChI is InChI=1S/C19H17N5O2/c25-19(15-2-1-5-20-8-15)24-6-7-26-18(12-24)17-4-3-14(11-23-17)16-9-21-13-22-10-16/h1-5,8-11,13,18H,6-7,12H2. The normalized spacial score (nSPS) is 17.1. The molecule has 7 heteroatoms. The number of hydrogen-bond acceptors (Lipinski definition) is 6. The lowest BCUT2D eigenvalue weighted by molar-refractivity contribution is -0.0247. The van der Waals surface area contributed by atoms with Crippen molar-refractivity contribution in [1.82, 2.24) is 24.8 Å². The van der Waals surface area contributed by atoms with Crippen molar-refractivity contribution in [2.75, 3.05) is 19.7 Å². The molecule has 1 aliphatic heterocycles. The molecule has 4 heterocycles. The van der Waals surface area contributed by atoms with Crippen LogP contribution in [-0.2, 0) is 4.74 Å². The molecule has 0 N–H and O–H groups in total. The predicted molar refractivity (Wildman–Crippen MR) is 94.1 cm³/mol. The highest BCUT2D eigenvalue weighted by Crippen LogP contribution is 2.24. The summed E-state index contributed by atoms with van der Waals surface area (Å²) in [6, 6.07) is 7.42. The topological polar surface area (TPSA) is 81.1 Å². The summed E-state index contributed by atoms with van der Waals surface area (Å²) < 4.78 is 5.83. The van der Waals surface area contributed by atoms with E-state index in [0.717, 1.165) is 16.8 Å². The van der Waals surface area contributed by atoms with E-state index in [9.17, 15) is 4.79 Å². The fourth-order valence-corrected chi connectivity index (χ4v) is 2.90. The third-order valence-electron chi connectivity index (χ3n) is 4.27. The monoisotopic (exact) mass is 347 g/mol. The summed E-state index contributed by atoms with van der Waals surface area (Å²) in [4.78, 5) is 31.0. The third-order valence-corrected chi connectivity index (χ3v) is 4.27. The lowest BCUT2D eigenvalue weighted by Gasteiger charge is -2.32. The highest BCUT2D eigenvalue weighted by atomic mass is 16.5. The number of pyridine rings is 2. The molecule has 1 atom stereocenters. The van der Waals surface area contributed by atoms with E-state index >= 15 is 0 Å². The van der Waals surface area contributed by atoms with Crippen molar-refractivity contribution < 1.29 is 9.53 Å². The molecule has 0 aromatic carbocycles. The number of rotatable bonds is 3. The molecule has 26 heavy (non-hydrogen) atoms. The Bertz CT molecular complexity index is 871. The van der Waals surface area contributed by atoms with Crippen LogP contribution in [0.25, 0.3) is 11.1 Å². The van der Waals surface area contributed by atoms with Gasteiger partial charge >= 0.3 is 0 Å². The highest BCUT2D eigenvalue weighted by molar-refractivity contribution is 5.93. The van der Waals surface area contributed by atoms with Gasteiger partial charge < -0.3 is 9.64 Å². The van der Waals surface area contributed by atoms with Gasteiger partial charge in [0.2, 0.25) is 0 Å². The summed E-state index contributed by atoms with van der Waals surface area (Å²) in [7, 11) is 0. The molecule has 1 fully saturated rings. The Morgan fingerprint density at radius 2 is 1.92 bits per heavy atom. The molecule has 0 spiro atoms. The van der Waals surface area contributed by atoms with Gasteiger partial charge in [0.25, 0.3) is 5.91 Å². The maximum absolute atomic E-state index is 12.6. The first-order chi connectivity index (χ1) is 12.8. The maximum Gasteiger partial charge on any atom is 0.255 e. The van der Waals surface area contributed by atoms with Gasteiger partial charge in [0.05, 0.1) is 24.4 Å². The molecule has 7 nitrogen and oxygen atoms in total. The quantitative estimate of drug-likeness (QED) is 0.722. The van der Waals surface area contributed by atoms with Crippen LogP contribution in [-0.4, -0.2) is 50.4 Å². The number of morpholine rings is 1. The van der Waals surface area contributed by atoms with Crippen molar-refractivity contribution in [3.8, 4) is 11.1 Å². The number of carbonyl (C=O) groups excluding carboxylic acids is 1. The van der Waals surface area contributed by atoms with Gasteiger partial charge in [-0.15, -0.1) is 0 Å². The van der Waals surface area contributed by atoms with Crippen LogP contribution < -0.4 is 0 Å². The molecule has 0 bridgehead atoms. The average molecular weight is 347 g/mol. The van der Waals surface area contributed by atoms with Crippen LogP contribution in [0.5, 0.6) is 0 Å². The van der Waals surface area contributed by atoms with Crippen LogP contribution >= 0.6 is 0 Å². The zero-order chi connectivity index (χ0) is 17.8. The van der Waals surface area contributed by atoms with E-state index in [4.69, 9.17) is 4.74 Å². The van der Waals surface area contributed by atoms with Crippen LogP contribution in [0.1, 0.15) is 22.2 Å². The molecule has 0 aliphatic carbocycles. The second-order valence-corrected chi connectivity index (χ2v) is 5.95. The largest absolute Gasteiger partial charge is 0.368 e. The van der Waals surface area contributed by atoms with Crippen LogP contribution in [0.2, 0.25) is 0 Å². The van der Waals surface area contributed by atoms with Gasteiger partial charge in [-0.1, -0.05) is 6.07 Å². The predicted octanol–water partition coefficient (Wildman–Crippen LogP) is 2.15. The highest BCUT2D eigenvalue weighted by Gasteiger charge is 2.27. The van der Waals surface area contributed by atoms with Gasteiger partial charge in [0, 0.05) is 48.7 Å². The minimum atomic E-state index is -0.245. The Kier molecular flexibility index (Phi) is 4.61. The second-order valence-electron chi connectivity index (χ2n) is 5.95. The summed E-state index contributed by atoms with van der Waals surface area (Å²) in [5, 5.41) is 0. The first kappa shape index (κ1) is 16.3. The molecular formula is C19H17N5O2. The molecule has 0 saturated carbocycles. The average Bonchev–Trinajstić information content (AvgIpc) is 2.75. The van der Waals surface area contributed by atoms with Gasteiger partial charge in [0.15, 0.2) is 0 Å². The first-order valence-electron chi connectivity index (χ1n) is 8.33. The van der Waals surface area contributed by atoms with Crippen molar-refractivity contribution in [3.05, 3.63) is 72.8 Å². The minimum absolute atomic E-state index is 0.0375. The fraction of sp³-hybridized carbons (Fsp3) is 0.211. The number of hydrogen-bond donors (Lipinski definition) is 0. The summed E-state index contributed by atoms with van der Waals surface area (Å²) >= 11 is 0. The van der Waals surface area contributed by atoms with Crippen molar-refractivity contribution in [3.63, 3.8) is 0 Å². The molecule has 0 radical (unpaired) electrons. The Hall–Kier alpha value is -3.19. The van der Waals surface area contributed by atoms with Gasteiger partial charge in [0.1, 0.15) is 12.4 Å². The molecule has 4 rings (SSSR count). The van der Waals surface area contributed by atoms with Crippen molar-refractivity contribution in [2.24, 2.45) is 0 Å². The third kappa shape index (κ3) is 3.43. The number of aromatic nitrogens is 4. The van der Waals surface area contributed by atoms with Gasteiger partial charge in [-0.2, -0.15) is 0 Å². The van der Waals surface area contributed by atoms with Gasteiger partial charge in [-0.05, 0) is 18.2 Å². The molecular weight excluding hydrogens is 330 g/mol. The molecule has 1 aliphatic rings. The summed E-state index contributed by atoms with van der Waals surface area (Å²) in [6.07, 6.45) is 9.76. The van der Waals surface area contributed by atoms with E-state index in [0.29, 0.717) is 25.3 Å². The minimum Gasteiger partial charge on any atom is -0.368 e. The number of carbonyl (C=O) groups is 1. The van der Waals surface area contributed by atoms with Gasteiger partial charge in [-0.25, -0.2) is 9.97 Å². The first-order valence-corrected chi connectivity index (χ1v) is 8.33. The van der Waals surface area contributed by atoms with Crippen molar-refractivity contribution in [2.45, 2.75) is 6.10 Å². The van der Waals surface area contributed by atoms with E-state index in [-0.39, 0.29) is 12.0 Å². The Labute approximate surface area is 150 Å². The van der Waals surface area contributed by atoms with Crippen molar-refractivity contribution >= 4 is 5.91 Å². The van der Waals surface area contributed by atoms with Crippen LogP contribution in [0, 0.1) is 0 Å². The van der Waals surface area contributed by atoms with E-state index in [1.807, 2.05) is 12.1 Å². The molecule has 3 aromatic heterocycles. The van der Waals surface area contributed by atoms with Crippen LogP contribution in [0.4, 0.5) is 0 Å². The van der Waals surface area contributed by atoms with E-state index in [1.165, 1.54) is 6.33 Å². The summed E-state index contributed by atoms with van der Waals surface area (Å²) in [5.74, 6) is -0.0375. The number of nitrogens with zero attached hydrogens (tertiary/aromatic N) is 5. The van der Waals surface area contributed by atoms with Gasteiger partial charge in [-0.3, -0.25) is 14.8 Å².